The van der Waals surface area contributed by atoms with E-state index in [0.29, 0.717) is 11.3 Å². The fourth-order valence-electron chi connectivity index (χ4n) is 2.83. The number of esters is 1. The van der Waals surface area contributed by atoms with Crippen LogP contribution in [0.3, 0.4) is 0 Å². The molecule has 0 aliphatic heterocycles. The predicted molar refractivity (Wildman–Crippen MR) is 92.3 cm³/mol. The standard InChI is InChI=1S/C20H24O3/c1-14-11-12-15(2)17(13-14)9-5-7-16-8-6-10-18(22-3)19(16)20(21)23-4/h6,8,10-13H,5,7,9H2,1-4H3. The first-order valence-electron chi connectivity index (χ1n) is 7.87. The molecule has 2 aromatic rings. The minimum absolute atomic E-state index is 0.343. The Morgan fingerprint density at radius 3 is 2.43 bits per heavy atom. The molecule has 0 aromatic heterocycles. The van der Waals surface area contributed by atoms with Crippen LogP contribution in [0.25, 0.3) is 0 Å². The second-order valence-corrected chi connectivity index (χ2v) is 5.77. The summed E-state index contributed by atoms with van der Waals surface area (Å²) in [5, 5.41) is 0. The Bertz CT molecular complexity index is 689. The van der Waals surface area contributed by atoms with Crippen molar-refractivity contribution in [2.75, 3.05) is 14.2 Å². The van der Waals surface area contributed by atoms with E-state index in [1.165, 1.54) is 23.8 Å². The van der Waals surface area contributed by atoms with E-state index in [9.17, 15) is 4.79 Å². The zero-order valence-electron chi connectivity index (χ0n) is 14.3. The highest BCUT2D eigenvalue weighted by Crippen LogP contribution is 2.25. The summed E-state index contributed by atoms with van der Waals surface area (Å²) in [6.07, 6.45) is 2.78. The summed E-state index contributed by atoms with van der Waals surface area (Å²) in [5.74, 6) is 0.227. The molecule has 0 saturated heterocycles. The third-order valence-corrected chi connectivity index (χ3v) is 4.12. The summed E-state index contributed by atoms with van der Waals surface area (Å²) < 4.78 is 10.2. The molecule has 3 nitrogen and oxygen atoms in total. The van der Waals surface area contributed by atoms with E-state index in [1.807, 2.05) is 12.1 Å². The molecule has 0 atom stereocenters. The molecule has 2 aromatic carbocycles. The monoisotopic (exact) mass is 312 g/mol. The van der Waals surface area contributed by atoms with Gasteiger partial charge in [-0.3, -0.25) is 0 Å². The zero-order chi connectivity index (χ0) is 16.8. The third-order valence-electron chi connectivity index (χ3n) is 4.12. The first-order chi connectivity index (χ1) is 11.1. The number of carbonyl (C=O) groups is 1. The van der Waals surface area contributed by atoms with E-state index < -0.39 is 0 Å². The molecule has 0 fully saturated rings. The number of carbonyl (C=O) groups excluding carboxylic acids is 1. The molecule has 0 heterocycles. The minimum atomic E-state index is -0.343. The fraction of sp³-hybridized carbons (Fsp3) is 0.350. The summed E-state index contributed by atoms with van der Waals surface area (Å²) >= 11 is 0. The number of ether oxygens (including phenoxy) is 2. The lowest BCUT2D eigenvalue weighted by Crippen LogP contribution is -2.08. The Hall–Kier alpha value is -2.29. The van der Waals surface area contributed by atoms with E-state index in [4.69, 9.17) is 9.47 Å². The van der Waals surface area contributed by atoms with Crippen LogP contribution in [0.4, 0.5) is 0 Å². The number of benzene rings is 2. The maximum Gasteiger partial charge on any atom is 0.341 e. The number of methoxy groups -OCH3 is 2. The van der Waals surface area contributed by atoms with Crippen LogP contribution in [0.5, 0.6) is 5.75 Å². The second kappa shape index (κ2) is 7.82. The molecular weight excluding hydrogens is 288 g/mol. The van der Waals surface area contributed by atoms with Crippen LogP contribution >= 0.6 is 0 Å². The maximum atomic E-state index is 12.0. The Morgan fingerprint density at radius 1 is 1.00 bits per heavy atom. The van der Waals surface area contributed by atoms with Crippen LogP contribution in [0.2, 0.25) is 0 Å². The van der Waals surface area contributed by atoms with Crippen LogP contribution in [-0.2, 0) is 17.6 Å². The zero-order valence-corrected chi connectivity index (χ0v) is 14.3. The molecule has 122 valence electrons. The number of hydrogen-bond acceptors (Lipinski definition) is 3. The van der Waals surface area contributed by atoms with Crippen LogP contribution in [0.1, 0.15) is 39.0 Å². The molecule has 0 saturated carbocycles. The van der Waals surface area contributed by atoms with Crippen molar-refractivity contribution in [1.82, 2.24) is 0 Å². The van der Waals surface area contributed by atoms with Gasteiger partial charge >= 0.3 is 5.97 Å². The molecule has 23 heavy (non-hydrogen) atoms. The van der Waals surface area contributed by atoms with E-state index in [1.54, 1.807) is 13.2 Å². The van der Waals surface area contributed by atoms with Gasteiger partial charge in [-0.25, -0.2) is 4.79 Å². The Labute approximate surface area is 138 Å². The first kappa shape index (κ1) is 17.1. The van der Waals surface area contributed by atoms with Gasteiger partial charge in [0.1, 0.15) is 11.3 Å². The molecule has 0 aliphatic rings. The molecule has 0 bridgehead atoms. The molecule has 0 amide bonds. The van der Waals surface area contributed by atoms with Crippen LogP contribution < -0.4 is 4.74 Å². The summed E-state index contributed by atoms with van der Waals surface area (Å²) in [4.78, 5) is 12.0. The van der Waals surface area contributed by atoms with Crippen molar-refractivity contribution < 1.29 is 14.3 Å². The van der Waals surface area contributed by atoms with E-state index >= 15 is 0 Å². The minimum Gasteiger partial charge on any atom is -0.496 e. The van der Waals surface area contributed by atoms with Crippen molar-refractivity contribution in [3.63, 3.8) is 0 Å². The van der Waals surface area contributed by atoms with Gasteiger partial charge in [0.25, 0.3) is 0 Å². The van der Waals surface area contributed by atoms with Crippen molar-refractivity contribution in [2.45, 2.75) is 33.1 Å². The predicted octanol–water partition coefficient (Wildman–Crippen LogP) is 4.27. The summed E-state index contributed by atoms with van der Waals surface area (Å²) in [6.45, 7) is 4.25. The van der Waals surface area contributed by atoms with Gasteiger partial charge in [0, 0.05) is 0 Å². The van der Waals surface area contributed by atoms with Crippen molar-refractivity contribution >= 4 is 5.97 Å². The molecule has 0 N–H and O–H groups in total. The first-order valence-corrected chi connectivity index (χ1v) is 7.87. The number of aryl methyl sites for hydroxylation is 4. The molecule has 3 heteroatoms. The van der Waals surface area contributed by atoms with Crippen molar-refractivity contribution in [3.8, 4) is 5.75 Å². The highest BCUT2D eigenvalue weighted by atomic mass is 16.5. The SMILES string of the molecule is COC(=O)c1c(CCCc2cc(C)ccc2C)cccc1OC. The highest BCUT2D eigenvalue weighted by Gasteiger charge is 2.17. The molecule has 0 radical (unpaired) electrons. The van der Waals surface area contributed by atoms with Gasteiger partial charge in [0.15, 0.2) is 0 Å². The molecular formula is C20H24O3. The van der Waals surface area contributed by atoms with Crippen molar-refractivity contribution in [1.29, 1.82) is 0 Å². The van der Waals surface area contributed by atoms with E-state index in [-0.39, 0.29) is 5.97 Å². The van der Waals surface area contributed by atoms with Crippen molar-refractivity contribution in [2.24, 2.45) is 0 Å². The topological polar surface area (TPSA) is 35.5 Å². The number of hydrogen-bond donors (Lipinski definition) is 0. The summed E-state index contributed by atoms with van der Waals surface area (Å²) in [7, 11) is 2.97. The van der Waals surface area contributed by atoms with E-state index in [0.717, 1.165) is 24.8 Å². The van der Waals surface area contributed by atoms with Crippen LogP contribution in [0, 0.1) is 13.8 Å². The van der Waals surface area contributed by atoms with E-state index in [2.05, 4.69) is 32.0 Å². The van der Waals surface area contributed by atoms with Crippen LogP contribution in [-0.4, -0.2) is 20.2 Å². The second-order valence-electron chi connectivity index (χ2n) is 5.77. The average Bonchev–Trinajstić information content (AvgIpc) is 2.57. The van der Waals surface area contributed by atoms with Gasteiger partial charge in [0.2, 0.25) is 0 Å². The molecule has 0 aliphatic carbocycles. The third kappa shape index (κ3) is 4.13. The summed E-state index contributed by atoms with van der Waals surface area (Å²) in [5.41, 5.74) is 5.48. The normalized spacial score (nSPS) is 10.4. The maximum absolute atomic E-state index is 12.0. The van der Waals surface area contributed by atoms with Crippen LogP contribution in [0.15, 0.2) is 36.4 Å². The van der Waals surface area contributed by atoms with Gasteiger partial charge in [-0.1, -0.05) is 35.9 Å². The molecule has 2 rings (SSSR count). The number of rotatable bonds is 6. The quantitative estimate of drug-likeness (QED) is 0.747. The Kier molecular flexibility index (Phi) is 5.80. The average molecular weight is 312 g/mol. The Balaban J connectivity index is 2.14. The fourth-order valence-corrected chi connectivity index (χ4v) is 2.83. The lowest BCUT2D eigenvalue weighted by Gasteiger charge is -2.12. The molecule has 0 spiro atoms. The lowest BCUT2D eigenvalue weighted by atomic mass is 9.96. The van der Waals surface area contributed by atoms with Crippen molar-refractivity contribution in [3.05, 3.63) is 64.2 Å². The smallest absolute Gasteiger partial charge is 0.341 e. The van der Waals surface area contributed by atoms with Gasteiger partial charge < -0.3 is 9.47 Å². The van der Waals surface area contributed by atoms with Gasteiger partial charge in [-0.15, -0.1) is 0 Å². The lowest BCUT2D eigenvalue weighted by molar-refractivity contribution is 0.0595. The van der Waals surface area contributed by atoms with Gasteiger partial charge in [-0.05, 0) is 55.9 Å². The highest BCUT2D eigenvalue weighted by molar-refractivity contribution is 5.94. The largest absolute Gasteiger partial charge is 0.496 e. The van der Waals surface area contributed by atoms with Gasteiger partial charge in [-0.2, -0.15) is 0 Å². The van der Waals surface area contributed by atoms with Gasteiger partial charge in [0.05, 0.1) is 14.2 Å². The Morgan fingerprint density at radius 2 is 1.74 bits per heavy atom. The molecule has 0 unspecified atom stereocenters. The summed E-state index contributed by atoms with van der Waals surface area (Å²) in [6, 6.07) is 12.2.